The van der Waals surface area contributed by atoms with Gasteiger partial charge in [-0.25, -0.2) is 0 Å². The molecule has 1 fully saturated rings. The average Bonchev–Trinajstić information content (AvgIpc) is 2.28. The first-order valence-electron chi connectivity index (χ1n) is 6.86. The van der Waals surface area contributed by atoms with E-state index in [-0.39, 0.29) is 28.6 Å². The van der Waals surface area contributed by atoms with Gasteiger partial charge in [0.2, 0.25) is 0 Å². The molecule has 2 N–H and O–H groups in total. The summed E-state index contributed by atoms with van der Waals surface area (Å²) in [6, 6.07) is 0. The number of rotatable bonds is 1. The van der Waals surface area contributed by atoms with Crippen LogP contribution in [-0.2, 0) is 4.79 Å². The van der Waals surface area contributed by atoms with E-state index in [1.54, 1.807) is 13.0 Å². The molecule has 0 unspecified atom stereocenters. The molecule has 0 saturated heterocycles. The van der Waals surface area contributed by atoms with E-state index < -0.39 is 5.60 Å². The highest BCUT2D eigenvalue weighted by Crippen LogP contribution is 2.60. The number of aliphatic hydroxyl groups excluding tert-OH is 1. The predicted molar refractivity (Wildman–Crippen MR) is 75.1 cm³/mol. The molecule has 2 aliphatic carbocycles. The number of carbonyl (C=O) groups is 1. The molecule has 19 heavy (non-hydrogen) atoms. The molecule has 0 heterocycles. The Labute approximate surface area is 119 Å². The van der Waals surface area contributed by atoms with Gasteiger partial charge in [0, 0.05) is 11.8 Å². The lowest BCUT2D eigenvalue weighted by Crippen LogP contribution is -2.54. The number of carbonyl (C=O) groups excluding carboxylic acids is 1. The molecule has 0 radical (unpaired) electrons. The molecule has 3 nitrogen and oxygen atoms in total. The molecule has 108 valence electrons. The van der Waals surface area contributed by atoms with Crippen LogP contribution in [0.15, 0.2) is 11.6 Å². The number of halogens is 1. The Morgan fingerprint density at radius 2 is 2.00 bits per heavy atom. The van der Waals surface area contributed by atoms with E-state index in [2.05, 4.69) is 13.8 Å². The first kappa shape index (κ1) is 15.0. The van der Waals surface area contributed by atoms with Crippen LogP contribution >= 0.6 is 11.6 Å². The van der Waals surface area contributed by atoms with Gasteiger partial charge in [0.25, 0.3) is 0 Å². The maximum absolute atomic E-state index is 11.8. The second-order valence-electron chi connectivity index (χ2n) is 6.97. The first-order chi connectivity index (χ1) is 8.64. The van der Waals surface area contributed by atoms with Gasteiger partial charge in [0.15, 0.2) is 5.78 Å². The van der Waals surface area contributed by atoms with E-state index in [0.717, 1.165) is 12.0 Å². The summed E-state index contributed by atoms with van der Waals surface area (Å²) in [5.74, 6) is 0.0723. The van der Waals surface area contributed by atoms with Gasteiger partial charge >= 0.3 is 0 Å². The van der Waals surface area contributed by atoms with Crippen LogP contribution < -0.4 is 0 Å². The van der Waals surface area contributed by atoms with Crippen LogP contribution in [0.25, 0.3) is 0 Å². The molecule has 1 spiro atoms. The van der Waals surface area contributed by atoms with Gasteiger partial charge in [-0.15, -0.1) is 11.6 Å². The highest BCUT2D eigenvalue weighted by molar-refractivity contribution is 6.21. The minimum absolute atomic E-state index is 0.0723. The molecular formula is C15H23ClO3. The number of allylic oxidation sites excluding steroid dienone is 1. The van der Waals surface area contributed by atoms with Gasteiger partial charge in [-0.3, -0.25) is 4.79 Å². The van der Waals surface area contributed by atoms with Crippen LogP contribution in [0, 0.1) is 10.8 Å². The van der Waals surface area contributed by atoms with Crippen molar-refractivity contribution in [2.24, 2.45) is 10.8 Å². The minimum atomic E-state index is -0.870. The lowest BCUT2D eigenvalue weighted by Gasteiger charge is -2.56. The second kappa shape index (κ2) is 4.57. The molecule has 0 aromatic rings. The van der Waals surface area contributed by atoms with Crippen molar-refractivity contribution in [1.29, 1.82) is 0 Å². The predicted octanol–water partition coefficient (Wildman–Crippen LogP) is 2.43. The van der Waals surface area contributed by atoms with Crippen LogP contribution in [-0.4, -0.2) is 33.6 Å². The summed E-state index contributed by atoms with van der Waals surface area (Å²) in [7, 11) is 0. The quantitative estimate of drug-likeness (QED) is 0.728. The van der Waals surface area contributed by atoms with Crippen molar-refractivity contribution in [3.05, 3.63) is 11.6 Å². The number of aliphatic hydroxyl groups is 2. The molecule has 0 aromatic heterocycles. The summed E-state index contributed by atoms with van der Waals surface area (Å²) in [5.41, 5.74) is -0.592. The topological polar surface area (TPSA) is 57.5 Å². The van der Waals surface area contributed by atoms with Crippen molar-refractivity contribution >= 4 is 17.4 Å². The zero-order valence-electron chi connectivity index (χ0n) is 11.9. The summed E-state index contributed by atoms with van der Waals surface area (Å²) < 4.78 is 0. The Morgan fingerprint density at radius 3 is 2.53 bits per heavy atom. The van der Waals surface area contributed by atoms with Crippen molar-refractivity contribution in [2.45, 2.75) is 57.4 Å². The van der Waals surface area contributed by atoms with E-state index in [9.17, 15) is 15.0 Å². The Kier molecular flexibility index (Phi) is 3.62. The van der Waals surface area contributed by atoms with Crippen LogP contribution in [0.3, 0.4) is 0 Å². The highest BCUT2D eigenvalue weighted by Gasteiger charge is 2.56. The van der Waals surface area contributed by atoms with Crippen molar-refractivity contribution in [3.63, 3.8) is 0 Å². The van der Waals surface area contributed by atoms with E-state index in [1.807, 2.05) is 0 Å². The zero-order valence-corrected chi connectivity index (χ0v) is 12.6. The van der Waals surface area contributed by atoms with Crippen molar-refractivity contribution in [2.75, 3.05) is 6.61 Å². The fourth-order valence-corrected chi connectivity index (χ4v) is 4.15. The molecule has 2 rings (SSSR count). The van der Waals surface area contributed by atoms with E-state index in [1.165, 1.54) is 0 Å². The third kappa shape index (κ3) is 2.26. The van der Waals surface area contributed by atoms with Crippen LogP contribution in [0.5, 0.6) is 0 Å². The van der Waals surface area contributed by atoms with E-state index in [4.69, 9.17) is 11.6 Å². The van der Waals surface area contributed by atoms with Gasteiger partial charge in [-0.2, -0.15) is 0 Å². The SMILES string of the molecule is CC1(C)CC(=O)C=C(CO)[C@]12CC[C@@](C)(O)[C@@H](Cl)C2. The summed E-state index contributed by atoms with van der Waals surface area (Å²) in [6.45, 7) is 5.79. The van der Waals surface area contributed by atoms with Gasteiger partial charge in [-0.1, -0.05) is 13.8 Å². The third-order valence-corrected chi connectivity index (χ3v) is 5.92. The number of alkyl halides is 1. The molecule has 0 amide bonds. The molecule has 0 aromatic carbocycles. The molecule has 2 aliphatic rings. The smallest absolute Gasteiger partial charge is 0.156 e. The van der Waals surface area contributed by atoms with Gasteiger partial charge in [0.05, 0.1) is 17.6 Å². The second-order valence-corrected chi connectivity index (χ2v) is 7.49. The maximum atomic E-state index is 11.8. The lowest BCUT2D eigenvalue weighted by atomic mass is 9.50. The van der Waals surface area contributed by atoms with Crippen molar-refractivity contribution in [3.8, 4) is 0 Å². The summed E-state index contributed by atoms with van der Waals surface area (Å²) in [4.78, 5) is 11.8. The summed E-state index contributed by atoms with van der Waals surface area (Å²) in [6.07, 6.45) is 4.03. The van der Waals surface area contributed by atoms with Crippen LogP contribution in [0.1, 0.15) is 46.5 Å². The average molecular weight is 287 g/mol. The normalized spacial score (nSPS) is 42.3. The molecular weight excluding hydrogens is 264 g/mol. The Hall–Kier alpha value is -0.380. The van der Waals surface area contributed by atoms with Crippen molar-refractivity contribution in [1.82, 2.24) is 0 Å². The Morgan fingerprint density at radius 1 is 1.37 bits per heavy atom. The summed E-state index contributed by atoms with van der Waals surface area (Å²) >= 11 is 6.37. The lowest BCUT2D eigenvalue weighted by molar-refractivity contribution is -0.122. The van der Waals surface area contributed by atoms with Crippen LogP contribution in [0.2, 0.25) is 0 Å². The fourth-order valence-electron chi connectivity index (χ4n) is 3.78. The number of hydrogen-bond acceptors (Lipinski definition) is 3. The fraction of sp³-hybridized carbons (Fsp3) is 0.800. The van der Waals surface area contributed by atoms with Crippen molar-refractivity contribution < 1.29 is 15.0 Å². The summed E-state index contributed by atoms with van der Waals surface area (Å²) in [5, 5.41) is 19.5. The Balaban J connectivity index is 2.45. The van der Waals surface area contributed by atoms with Crippen LogP contribution in [0.4, 0.5) is 0 Å². The van der Waals surface area contributed by atoms with Gasteiger partial charge in [-0.05, 0) is 43.3 Å². The number of hydrogen-bond donors (Lipinski definition) is 2. The maximum Gasteiger partial charge on any atom is 0.156 e. The van der Waals surface area contributed by atoms with Gasteiger partial charge < -0.3 is 10.2 Å². The first-order valence-corrected chi connectivity index (χ1v) is 7.29. The zero-order chi connectivity index (χ0) is 14.5. The molecule has 0 bridgehead atoms. The standard InChI is InChI=1S/C15H23ClO3/c1-13(2)7-11(18)6-10(9-17)15(13)5-4-14(3,19)12(16)8-15/h6,12,17,19H,4-5,7-9H2,1-3H3/t12-,14+,15+/m0/s1. The molecule has 4 heteroatoms. The van der Waals surface area contributed by atoms with Gasteiger partial charge in [0.1, 0.15) is 0 Å². The van der Waals surface area contributed by atoms with E-state index >= 15 is 0 Å². The molecule has 0 aliphatic heterocycles. The minimum Gasteiger partial charge on any atom is -0.392 e. The monoisotopic (exact) mass is 286 g/mol. The Bertz CT molecular complexity index is 425. The third-order valence-electron chi connectivity index (χ3n) is 5.29. The largest absolute Gasteiger partial charge is 0.392 e. The number of ketones is 1. The highest BCUT2D eigenvalue weighted by atomic mass is 35.5. The molecule has 3 atom stereocenters. The molecule has 1 saturated carbocycles. The van der Waals surface area contributed by atoms with E-state index in [0.29, 0.717) is 19.3 Å².